The van der Waals surface area contributed by atoms with Gasteiger partial charge in [0.1, 0.15) is 0 Å². The Morgan fingerprint density at radius 3 is 2.61 bits per heavy atom. The molecule has 1 fully saturated rings. The van der Waals surface area contributed by atoms with E-state index in [0.717, 1.165) is 35.7 Å². The summed E-state index contributed by atoms with van der Waals surface area (Å²) in [6.45, 7) is 4.29. The Morgan fingerprint density at radius 1 is 1.00 bits per heavy atom. The lowest BCUT2D eigenvalue weighted by molar-refractivity contribution is 0.0167. The van der Waals surface area contributed by atoms with Gasteiger partial charge in [-0.3, -0.25) is 4.90 Å². The van der Waals surface area contributed by atoms with Gasteiger partial charge in [-0.05, 0) is 23.3 Å². The molecule has 4 rings (SSSR count). The van der Waals surface area contributed by atoms with Crippen molar-refractivity contribution in [3.05, 3.63) is 59.7 Å². The number of hydrogen-bond acceptors (Lipinski definition) is 5. The third-order valence-corrected chi connectivity index (χ3v) is 5.02. The largest absolute Gasteiger partial charge is 0.454 e. The maximum absolute atomic E-state index is 12.3. The van der Waals surface area contributed by atoms with Crippen molar-refractivity contribution < 1.29 is 19.0 Å². The van der Waals surface area contributed by atoms with E-state index in [1.165, 1.54) is 0 Å². The van der Waals surface area contributed by atoms with Crippen LogP contribution >= 0.6 is 0 Å². The van der Waals surface area contributed by atoms with Gasteiger partial charge in [0.15, 0.2) is 11.5 Å². The summed E-state index contributed by atoms with van der Waals surface area (Å²) in [7, 11) is 0. The molecule has 2 amide bonds. The number of nitrogens with zero attached hydrogens (tertiary/aromatic N) is 1. The molecule has 0 aromatic heterocycles. The van der Waals surface area contributed by atoms with Gasteiger partial charge in [0.2, 0.25) is 6.79 Å². The Labute approximate surface area is 164 Å². The number of hydrogen-bond donors (Lipinski definition) is 2. The molecule has 2 heterocycles. The van der Waals surface area contributed by atoms with Crippen molar-refractivity contribution in [3.8, 4) is 11.5 Å². The zero-order valence-electron chi connectivity index (χ0n) is 15.7. The lowest BCUT2D eigenvalue weighted by Crippen LogP contribution is -2.45. The number of nitrogens with one attached hydrogen (secondary N) is 2. The molecule has 148 valence electrons. The average molecular weight is 383 g/mol. The molecule has 2 aliphatic rings. The van der Waals surface area contributed by atoms with Crippen molar-refractivity contribution in [2.75, 3.05) is 39.6 Å². The number of benzene rings is 2. The molecule has 2 aromatic carbocycles. The van der Waals surface area contributed by atoms with Gasteiger partial charge in [0.05, 0.1) is 19.3 Å². The third kappa shape index (κ3) is 4.55. The smallest absolute Gasteiger partial charge is 0.315 e. The highest BCUT2D eigenvalue weighted by Gasteiger charge is 2.25. The van der Waals surface area contributed by atoms with Crippen LogP contribution in [0.5, 0.6) is 11.5 Å². The van der Waals surface area contributed by atoms with Gasteiger partial charge in [-0.2, -0.15) is 0 Å². The first kappa shape index (κ1) is 18.6. The Bertz CT molecular complexity index is 793. The molecule has 0 saturated carbocycles. The van der Waals surface area contributed by atoms with Crippen LogP contribution in [0.25, 0.3) is 0 Å². The fourth-order valence-corrected chi connectivity index (χ4v) is 3.50. The summed E-state index contributed by atoms with van der Waals surface area (Å²) in [6.07, 6.45) is 0. The molecule has 1 saturated heterocycles. The molecule has 28 heavy (non-hydrogen) atoms. The number of morpholine rings is 1. The lowest BCUT2D eigenvalue weighted by atomic mass is 10.0. The van der Waals surface area contributed by atoms with E-state index in [2.05, 4.69) is 15.5 Å². The van der Waals surface area contributed by atoms with Crippen LogP contribution in [0.3, 0.4) is 0 Å². The number of rotatable bonds is 6. The normalized spacial score (nSPS) is 17.1. The molecular formula is C21H25N3O4. The molecule has 2 aliphatic heterocycles. The lowest BCUT2D eigenvalue weighted by Gasteiger charge is -2.35. The number of amides is 2. The van der Waals surface area contributed by atoms with E-state index < -0.39 is 0 Å². The minimum absolute atomic E-state index is 0.0425. The zero-order chi connectivity index (χ0) is 19.2. The van der Waals surface area contributed by atoms with Crippen LogP contribution in [-0.4, -0.2) is 50.6 Å². The maximum atomic E-state index is 12.3. The quantitative estimate of drug-likeness (QED) is 0.801. The fraction of sp³-hybridized carbons (Fsp3) is 0.381. The molecule has 7 heteroatoms. The van der Waals surface area contributed by atoms with Crippen molar-refractivity contribution in [3.63, 3.8) is 0 Å². The highest BCUT2D eigenvalue weighted by Crippen LogP contribution is 2.35. The van der Waals surface area contributed by atoms with Crippen molar-refractivity contribution >= 4 is 6.03 Å². The second-order valence-electron chi connectivity index (χ2n) is 6.83. The predicted molar refractivity (Wildman–Crippen MR) is 104 cm³/mol. The van der Waals surface area contributed by atoms with Gasteiger partial charge in [-0.25, -0.2) is 4.79 Å². The Morgan fingerprint density at radius 2 is 1.79 bits per heavy atom. The van der Waals surface area contributed by atoms with Crippen LogP contribution in [0.4, 0.5) is 4.79 Å². The number of carbonyl (C=O) groups is 1. The van der Waals surface area contributed by atoms with E-state index in [-0.39, 0.29) is 18.9 Å². The highest BCUT2D eigenvalue weighted by molar-refractivity contribution is 5.73. The zero-order valence-corrected chi connectivity index (χ0v) is 15.7. The third-order valence-electron chi connectivity index (χ3n) is 5.02. The minimum atomic E-state index is -0.178. The van der Waals surface area contributed by atoms with Crippen LogP contribution in [0.1, 0.15) is 17.2 Å². The van der Waals surface area contributed by atoms with E-state index in [1.54, 1.807) is 0 Å². The first-order valence-electron chi connectivity index (χ1n) is 9.56. The Balaban J connectivity index is 1.40. The van der Waals surface area contributed by atoms with Crippen molar-refractivity contribution in [1.82, 2.24) is 15.5 Å². The monoisotopic (exact) mass is 383 g/mol. The molecule has 1 unspecified atom stereocenters. The minimum Gasteiger partial charge on any atom is -0.454 e. The number of carbonyl (C=O) groups excluding carboxylic acids is 1. The topological polar surface area (TPSA) is 72.1 Å². The standard InChI is InChI=1S/C21H25N3O4/c25-21(22-13-16-4-2-1-3-5-16)23-14-18(24-8-10-26-11-9-24)17-6-7-19-20(12-17)28-15-27-19/h1-7,12,18H,8-11,13-15H2,(H2,22,23,25). The summed E-state index contributed by atoms with van der Waals surface area (Å²) in [6, 6.07) is 15.7. The van der Waals surface area contributed by atoms with Crippen LogP contribution < -0.4 is 20.1 Å². The van der Waals surface area contributed by atoms with Gasteiger partial charge in [-0.15, -0.1) is 0 Å². The van der Waals surface area contributed by atoms with E-state index >= 15 is 0 Å². The summed E-state index contributed by atoms with van der Waals surface area (Å²) in [4.78, 5) is 14.6. The molecule has 1 atom stereocenters. The summed E-state index contributed by atoms with van der Waals surface area (Å²) < 4.78 is 16.4. The first-order valence-corrected chi connectivity index (χ1v) is 9.56. The van der Waals surface area contributed by atoms with Gasteiger partial charge in [0, 0.05) is 26.2 Å². The number of urea groups is 1. The molecule has 2 aromatic rings. The summed E-state index contributed by atoms with van der Waals surface area (Å²) in [5.74, 6) is 1.52. The first-order chi connectivity index (χ1) is 13.8. The molecule has 2 N–H and O–H groups in total. The van der Waals surface area contributed by atoms with E-state index in [4.69, 9.17) is 14.2 Å². The van der Waals surface area contributed by atoms with Gasteiger partial charge < -0.3 is 24.8 Å². The highest BCUT2D eigenvalue weighted by atomic mass is 16.7. The van der Waals surface area contributed by atoms with Gasteiger partial charge in [0.25, 0.3) is 0 Å². The average Bonchev–Trinajstić information content (AvgIpc) is 3.22. The van der Waals surface area contributed by atoms with Crippen LogP contribution in [0.2, 0.25) is 0 Å². The molecule has 0 aliphatic carbocycles. The summed E-state index contributed by atoms with van der Waals surface area (Å²) >= 11 is 0. The second-order valence-corrected chi connectivity index (χ2v) is 6.83. The van der Waals surface area contributed by atoms with Gasteiger partial charge in [-0.1, -0.05) is 36.4 Å². The Hall–Kier alpha value is -2.77. The van der Waals surface area contributed by atoms with E-state index in [9.17, 15) is 4.79 Å². The molecule has 7 nitrogen and oxygen atoms in total. The van der Waals surface area contributed by atoms with Crippen molar-refractivity contribution in [2.45, 2.75) is 12.6 Å². The molecule has 0 spiro atoms. The van der Waals surface area contributed by atoms with Gasteiger partial charge >= 0.3 is 6.03 Å². The maximum Gasteiger partial charge on any atom is 0.315 e. The number of ether oxygens (including phenoxy) is 3. The fourth-order valence-electron chi connectivity index (χ4n) is 3.50. The van der Waals surface area contributed by atoms with E-state index in [1.807, 2.05) is 48.5 Å². The number of fused-ring (bicyclic) bond motifs is 1. The van der Waals surface area contributed by atoms with E-state index in [0.29, 0.717) is 26.3 Å². The van der Waals surface area contributed by atoms with Crippen molar-refractivity contribution in [2.24, 2.45) is 0 Å². The van der Waals surface area contributed by atoms with Crippen molar-refractivity contribution in [1.29, 1.82) is 0 Å². The summed E-state index contributed by atoms with van der Waals surface area (Å²) in [5, 5.41) is 5.92. The molecule has 0 bridgehead atoms. The Kier molecular flexibility index (Phi) is 5.94. The predicted octanol–water partition coefficient (Wildman–Crippen LogP) is 2.29. The summed E-state index contributed by atoms with van der Waals surface area (Å²) in [5.41, 5.74) is 2.16. The molecular weight excluding hydrogens is 358 g/mol. The van der Waals surface area contributed by atoms with Crippen LogP contribution in [-0.2, 0) is 11.3 Å². The van der Waals surface area contributed by atoms with Crippen LogP contribution in [0.15, 0.2) is 48.5 Å². The second kappa shape index (κ2) is 8.95. The SMILES string of the molecule is O=C(NCc1ccccc1)NCC(c1ccc2c(c1)OCO2)N1CCOCC1. The molecule has 0 radical (unpaired) electrons. The van der Waals surface area contributed by atoms with Crippen LogP contribution in [0, 0.1) is 0 Å².